The van der Waals surface area contributed by atoms with Crippen molar-refractivity contribution in [1.82, 2.24) is 20.2 Å². The minimum atomic E-state index is -0.482. The first-order chi connectivity index (χ1) is 10.5. The molecule has 0 saturated heterocycles. The van der Waals surface area contributed by atoms with Crippen LogP contribution in [0.25, 0.3) is 11.3 Å². The number of amides is 1. The van der Waals surface area contributed by atoms with E-state index in [0.717, 1.165) is 0 Å². The zero-order valence-electron chi connectivity index (χ0n) is 11.2. The fourth-order valence-electron chi connectivity index (χ4n) is 1.79. The molecular formula is C13H9Cl2N5O2. The summed E-state index contributed by atoms with van der Waals surface area (Å²) in [5, 5.41) is 14.6. The third kappa shape index (κ3) is 2.95. The van der Waals surface area contributed by atoms with Crippen molar-refractivity contribution in [2.75, 3.05) is 5.32 Å². The predicted molar refractivity (Wildman–Crippen MR) is 80.9 cm³/mol. The smallest absolute Gasteiger partial charge is 0.293 e. The second-order valence-corrected chi connectivity index (χ2v) is 5.19. The average molecular weight is 338 g/mol. The number of furan rings is 1. The van der Waals surface area contributed by atoms with Gasteiger partial charge in [0.05, 0.1) is 12.1 Å². The van der Waals surface area contributed by atoms with Crippen molar-refractivity contribution in [3.8, 4) is 11.3 Å². The zero-order chi connectivity index (χ0) is 15.7. The Morgan fingerprint density at radius 1 is 1.27 bits per heavy atom. The number of aromatic nitrogens is 4. The predicted octanol–water partition coefficient (Wildman–Crippen LogP) is 3.03. The Labute approximate surface area is 134 Å². The molecule has 1 aromatic carbocycles. The van der Waals surface area contributed by atoms with Crippen molar-refractivity contribution in [1.29, 1.82) is 0 Å². The van der Waals surface area contributed by atoms with Gasteiger partial charge in [-0.3, -0.25) is 10.1 Å². The molecule has 0 saturated carbocycles. The Morgan fingerprint density at radius 3 is 2.77 bits per heavy atom. The summed E-state index contributed by atoms with van der Waals surface area (Å²) in [5.74, 6) is 0.173. The van der Waals surface area contributed by atoms with E-state index < -0.39 is 5.91 Å². The Morgan fingerprint density at radius 2 is 2.09 bits per heavy atom. The molecule has 2 aromatic heterocycles. The summed E-state index contributed by atoms with van der Waals surface area (Å²) < 4.78 is 5.51. The number of rotatable bonds is 3. The van der Waals surface area contributed by atoms with E-state index in [1.165, 1.54) is 10.9 Å². The third-order valence-corrected chi connectivity index (χ3v) is 3.31. The van der Waals surface area contributed by atoms with Crippen LogP contribution in [0.1, 0.15) is 10.6 Å². The molecule has 0 aliphatic rings. The minimum absolute atomic E-state index is 0.0926. The summed E-state index contributed by atoms with van der Waals surface area (Å²) >= 11 is 12.0. The van der Waals surface area contributed by atoms with Crippen molar-refractivity contribution >= 4 is 35.1 Å². The molecule has 9 heteroatoms. The molecule has 3 aromatic rings. The molecule has 0 unspecified atom stereocenters. The topological polar surface area (TPSA) is 85.8 Å². The molecule has 1 N–H and O–H groups in total. The highest BCUT2D eigenvalue weighted by Gasteiger charge is 2.16. The number of carbonyl (C=O) groups is 1. The summed E-state index contributed by atoms with van der Waals surface area (Å²) in [7, 11) is 1.59. The standard InChI is InChI=1S/C13H9Cl2N5O2/c1-20-18-13(17-19-20)16-12(21)11-5-4-10(22-11)8-3-2-7(14)6-9(8)15/h2-6H,1H3,(H,16,18,21). The normalized spacial score (nSPS) is 10.7. The fourth-order valence-corrected chi connectivity index (χ4v) is 2.29. The molecule has 22 heavy (non-hydrogen) atoms. The summed E-state index contributed by atoms with van der Waals surface area (Å²) in [5.41, 5.74) is 0.641. The number of anilines is 1. The van der Waals surface area contributed by atoms with Crippen LogP contribution in [0.3, 0.4) is 0 Å². The average Bonchev–Trinajstić information content (AvgIpc) is 3.08. The third-order valence-electron chi connectivity index (χ3n) is 2.76. The first kappa shape index (κ1) is 14.6. The number of halogens is 2. The van der Waals surface area contributed by atoms with Gasteiger partial charge in [-0.25, -0.2) is 0 Å². The number of nitrogens with zero attached hydrogens (tertiary/aromatic N) is 4. The van der Waals surface area contributed by atoms with E-state index >= 15 is 0 Å². The highest BCUT2D eigenvalue weighted by atomic mass is 35.5. The van der Waals surface area contributed by atoms with Crippen molar-refractivity contribution in [3.63, 3.8) is 0 Å². The van der Waals surface area contributed by atoms with Crippen LogP contribution in [0.2, 0.25) is 10.0 Å². The molecule has 3 rings (SSSR count). The van der Waals surface area contributed by atoms with Crippen molar-refractivity contribution in [2.45, 2.75) is 0 Å². The Hall–Kier alpha value is -2.38. The van der Waals surface area contributed by atoms with Crippen LogP contribution >= 0.6 is 23.2 Å². The van der Waals surface area contributed by atoms with Gasteiger partial charge in [0, 0.05) is 10.6 Å². The lowest BCUT2D eigenvalue weighted by molar-refractivity contribution is 0.0996. The number of benzene rings is 1. The van der Waals surface area contributed by atoms with E-state index in [1.54, 1.807) is 31.3 Å². The molecule has 0 radical (unpaired) electrons. The van der Waals surface area contributed by atoms with E-state index in [4.69, 9.17) is 27.6 Å². The number of nitrogens with one attached hydrogen (secondary N) is 1. The number of hydrogen-bond acceptors (Lipinski definition) is 5. The second kappa shape index (κ2) is 5.78. The van der Waals surface area contributed by atoms with Gasteiger partial charge in [-0.2, -0.15) is 4.80 Å². The lowest BCUT2D eigenvalue weighted by atomic mass is 10.2. The molecule has 7 nitrogen and oxygen atoms in total. The molecule has 112 valence electrons. The molecule has 0 atom stereocenters. The maximum absolute atomic E-state index is 12.0. The van der Waals surface area contributed by atoms with Crippen molar-refractivity contribution in [3.05, 3.63) is 46.1 Å². The van der Waals surface area contributed by atoms with Gasteiger partial charge in [0.25, 0.3) is 11.9 Å². The van der Waals surface area contributed by atoms with Gasteiger partial charge in [-0.1, -0.05) is 28.3 Å². The summed E-state index contributed by atoms with van der Waals surface area (Å²) in [6, 6.07) is 8.19. The van der Waals surface area contributed by atoms with Gasteiger partial charge in [0.15, 0.2) is 5.76 Å². The number of tetrazole rings is 1. The molecule has 2 heterocycles. The second-order valence-electron chi connectivity index (χ2n) is 4.34. The highest BCUT2D eigenvalue weighted by molar-refractivity contribution is 6.36. The van der Waals surface area contributed by atoms with Gasteiger partial charge in [-0.15, -0.1) is 5.10 Å². The van der Waals surface area contributed by atoms with E-state index in [0.29, 0.717) is 21.4 Å². The summed E-state index contributed by atoms with van der Waals surface area (Å²) in [6.45, 7) is 0. The van der Waals surface area contributed by atoms with Crippen molar-refractivity contribution < 1.29 is 9.21 Å². The lowest BCUT2D eigenvalue weighted by Crippen LogP contribution is -2.12. The maximum atomic E-state index is 12.0. The van der Waals surface area contributed by atoms with E-state index in [1.807, 2.05) is 0 Å². The quantitative estimate of drug-likeness (QED) is 0.793. The Bertz CT molecular complexity index is 843. The van der Waals surface area contributed by atoms with Crippen molar-refractivity contribution in [2.24, 2.45) is 7.05 Å². The van der Waals surface area contributed by atoms with Crippen LogP contribution in [-0.2, 0) is 7.05 Å². The first-order valence-electron chi connectivity index (χ1n) is 6.13. The molecular weight excluding hydrogens is 329 g/mol. The maximum Gasteiger partial charge on any atom is 0.293 e. The SMILES string of the molecule is Cn1nnc(NC(=O)c2ccc(-c3ccc(Cl)cc3Cl)o2)n1. The monoisotopic (exact) mass is 337 g/mol. The number of aryl methyl sites for hydroxylation is 1. The Balaban J connectivity index is 1.82. The molecule has 0 bridgehead atoms. The van der Waals surface area contributed by atoms with E-state index in [-0.39, 0.29) is 11.7 Å². The highest BCUT2D eigenvalue weighted by Crippen LogP contribution is 2.31. The van der Waals surface area contributed by atoms with Gasteiger partial charge in [0.2, 0.25) is 0 Å². The molecule has 0 aliphatic carbocycles. The van der Waals surface area contributed by atoms with Crippen LogP contribution in [-0.4, -0.2) is 26.1 Å². The Kier molecular flexibility index (Phi) is 3.82. The number of hydrogen-bond donors (Lipinski definition) is 1. The largest absolute Gasteiger partial charge is 0.451 e. The molecule has 1 amide bonds. The minimum Gasteiger partial charge on any atom is -0.451 e. The van der Waals surface area contributed by atoms with E-state index in [2.05, 4.69) is 20.7 Å². The van der Waals surface area contributed by atoms with Gasteiger partial charge >= 0.3 is 0 Å². The van der Waals surface area contributed by atoms with Crippen LogP contribution in [0.4, 0.5) is 5.95 Å². The van der Waals surface area contributed by atoms with E-state index in [9.17, 15) is 4.79 Å². The summed E-state index contributed by atoms with van der Waals surface area (Å²) in [4.78, 5) is 13.3. The van der Waals surface area contributed by atoms with Crippen LogP contribution in [0.5, 0.6) is 0 Å². The van der Waals surface area contributed by atoms with Crippen LogP contribution < -0.4 is 5.32 Å². The van der Waals surface area contributed by atoms with Crippen LogP contribution in [0, 0.1) is 0 Å². The lowest BCUT2D eigenvalue weighted by Gasteiger charge is -2.01. The van der Waals surface area contributed by atoms with Gasteiger partial charge in [-0.05, 0) is 35.5 Å². The van der Waals surface area contributed by atoms with Gasteiger partial charge < -0.3 is 4.42 Å². The molecule has 0 spiro atoms. The molecule has 0 fully saturated rings. The molecule has 0 aliphatic heterocycles. The fraction of sp³-hybridized carbons (Fsp3) is 0.0769. The zero-order valence-corrected chi connectivity index (χ0v) is 12.8. The summed E-state index contributed by atoms with van der Waals surface area (Å²) in [6.07, 6.45) is 0. The number of carbonyl (C=O) groups excluding carboxylic acids is 1. The van der Waals surface area contributed by atoms with Crippen LogP contribution in [0.15, 0.2) is 34.7 Å². The first-order valence-corrected chi connectivity index (χ1v) is 6.89. The van der Waals surface area contributed by atoms with Gasteiger partial charge in [0.1, 0.15) is 5.76 Å².